The molecule has 0 amide bonds. The van der Waals surface area contributed by atoms with Crippen LogP contribution < -0.4 is 0 Å². The second kappa shape index (κ2) is 10.1. The fourth-order valence-electron chi connectivity index (χ4n) is 6.31. The minimum atomic E-state index is -0.241. The van der Waals surface area contributed by atoms with Gasteiger partial charge in [-0.1, -0.05) is 118 Å². The largest absolute Gasteiger partial charge is 0.310 e. The van der Waals surface area contributed by atoms with Gasteiger partial charge < -0.3 is 9.13 Å². The van der Waals surface area contributed by atoms with Crippen LogP contribution in [0.25, 0.3) is 55.0 Å². The summed E-state index contributed by atoms with van der Waals surface area (Å²) in [6.07, 6.45) is 6.56. The Morgan fingerprint density at radius 2 is 1.00 bits per heavy atom. The maximum atomic E-state index is 4.54. The lowest BCUT2D eigenvalue weighted by Gasteiger charge is -2.27. The predicted octanol–water partition coefficient (Wildman–Crippen LogP) is 10.8. The average molecular weight is 543 g/mol. The Kier molecular flexibility index (Phi) is 6.21. The molecule has 2 nitrogen and oxygen atoms in total. The molecule has 0 spiro atoms. The number of hydrogen-bond acceptors (Lipinski definition) is 0. The number of hydrogen-bond donors (Lipinski definition) is 0. The molecule has 0 bridgehead atoms. The normalized spacial score (nSPS) is 12.8. The quantitative estimate of drug-likeness (QED) is 0.185. The first-order valence-electron chi connectivity index (χ1n) is 14.6. The maximum absolute atomic E-state index is 4.54. The fraction of sp³-hybridized carbons (Fsp3) is 0.100. The molecule has 7 aromatic rings. The van der Waals surface area contributed by atoms with Crippen molar-refractivity contribution in [2.45, 2.75) is 26.2 Å². The van der Waals surface area contributed by atoms with E-state index in [4.69, 9.17) is 0 Å². The Morgan fingerprint density at radius 3 is 1.48 bits per heavy atom. The third kappa shape index (κ3) is 4.02. The second-order valence-corrected chi connectivity index (χ2v) is 11.5. The summed E-state index contributed by atoms with van der Waals surface area (Å²) in [5.74, 6) is 0. The first-order valence-corrected chi connectivity index (χ1v) is 14.6. The summed E-state index contributed by atoms with van der Waals surface area (Å²) in [5, 5.41) is 5.09. The van der Waals surface area contributed by atoms with E-state index in [1.165, 1.54) is 49.2 Å². The van der Waals surface area contributed by atoms with Gasteiger partial charge in [-0.25, -0.2) is 0 Å². The zero-order valence-corrected chi connectivity index (χ0v) is 24.4. The monoisotopic (exact) mass is 542 g/mol. The molecule has 0 fully saturated rings. The number of nitrogens with zero attached hydrogens (tertiary/aromatic N) is 2. The molecular formula is C40H34N2. The van der Waals surface area contributed by atoms with Crippen molar-refractivity contribution in [1.82, 2.24) is 9.13 Å². The molecule has 2 aromatic heterocycles. The summed E-state index contributed by atoms with van der Waals surface area (Å²) in [6, 6.07) is 43.5. The minimum Gasteiger partial charge on any atom is -0.310 e. The van der Waals surface area contributed by atoms with Gasteiger partial charge in [0.1, 0.15) is 0 Å². The van der Waals surface area contributed by atoms with Crippen LogP contribution in [0.2, 0.25) is 0 Å². The first-order chi connectivity index (χ1) is 20.5. The van der Waals surface area contributed by atoms with Crippen molar-refractivity contribution < 1.29 is 0 Å². The van der Waals surface area contributed by atoms with Gasteiger partial charge in [0, 0.05) is 38.3 Å². The van der Waals surface area contributed by atoms with Gasteiger partial charge in [-0.05, 0) is 60.5 Å². The van der Waals surface area contributed by atoms with Crippen molar-refractivity contribution in [3.63, 3.8) is 0 Å². The van der Waals surface area contributed by atoms with E-state index in [1.54, 1.807) is 0 Å². The minimum absolute atomic E-state index is 0.241. The third-order valence-corrected chi connectivity index (χ3v) is 8.82. The molecule has 0 aliphatic rings. The van der Waals surface area contributed by atoms with E-state index in [0.717, 1.165) is 17.0 Å². The maximum Gasteiger partial charge on any atom is 0.0541 e. The van der Waals surface area contributed by atoms with E-state index in [0.29, 0.717) is 0 Å². The van der Waals surface area contributed by atoms with Crippen LogP contribution in [-0.2, 0) is 5.41 Å². The number of benzene rings is 5. The predicted molar refractivity (Wildman–Crippen MR) is 181 cm³/mol. The molecule has 2 heterocycles. The standard InChI is InChI=1S/C40H34N2/c1-5-30(41-36-18-10-6-14-32(36)33-15-7-11-19-37(33)41)25-22-28(2)40(3,4)29-23-26-31(27-24-29)42-38-20-12-8-16-34(38)35-17-9-13-21-39(35)42/h5-27H,2H2,1,3-4H3/b25-22-,30-5+. The van der Waals surface area contributed by atoms with Gasteiger partial charge in [0.2, 0.25) is 0 Å². The van der Waals surface area contributed by atoms with Crippen LogP contribution in [0.4, 0.5) is 0 Å². The first kappa shape index (κ1) is 25.9. The highest BCUT2D eigenvalue weighted by Gasteiger charge is 2.23. The van der Waals surface area contributed by atoms with E-state index in [2.05, 4.69) is 176 Å². The van der Waals surface area contributed by atoms with Crippen molar-refractivity contribution in [2.75, 3.05) is 0 Å². The molecule has 42 heavy (non-hydrogen) atoms. The summed E-state index contributed by atoms with van der Waals surface area (Å²) in [7, 11) is 0. The topological polar surface area (TPSA) is 9.86 Å². The number of para-hydroxylation sites is 4. The average Bonchev–Trinajstić information content (AvgIpc) is 3.55. The Hall–Kier alpha value is -5.08. The highest BCUT2D eigenvalue weighted by molar-refractivity contribution is 6.10. The highest BCUT2D eigenvalue weighted by atomic mass is 15.0. The zero-order chi connectivity index (χ0) is 28.8. The molecule has 0 atom stereocenters. The molecule has 2 heteroatoms. The molecule has 0 saturated carbocycles. The van der Waals surface area contributed by atoms with E-state index in [1.807, 2.05) is 0 Å². The Balaban J connectivity index is 1.22. The van der Waals surface area contributed by atoms with Crippen molar-refractivity contribution in [1.29, 1.82) is 0 Å². The molecule has 0 aliphatic heterocycles. The van der Waals surface area contributed by atoms with Crippen molar-refractivity contribution >= 4 is 49.3 Å². The molecule has 0 aliphatic carbocycles. The lowest BCUT2D eigenvalue weighted by molar-refractivity contribution is 0.641. The Bertz CT molecular complexity index is 2070. The van der Waals surface area contributed by atoms with Gasteiger partial charge in [-0.2, -0.15) is 0 Å². The van der Waals surface area contributed by atoms with Gasteiger partial charge >= 0.3 is 0 Å². The molecule has 0 N–H and O–H groups in total. The summed E-state index contributed by atoms with van der Waals surface area (Å²) in [6.45, 7) is 11.2. The molecule has 5 aromatic carbocycles. The van der Waals surface area contributed by atoms with E-state index in [-0.39, 0.29) is 5.41 Å². The summed E-state index contributed by atoms with van der Waals surface area (Å²) < 4.78 is 4.71. The molecule has 204 valence electrons. The fourth-order valence-corrected chi connectivity index (χ4v) is 6.31. The van der Waals surface area contributed by atoms with Crippen molar-refractivity contribution in [3.05, 3.63) is 157 Å². The number of fused-ring (bicyclic) bond motifs is 6. The van der Waals surface area contributed by atoms with Gasteiger partial charge in [-0.15, -0.1) is 0 Å². The van der Waals surface area contributed by atoms with Crippen LogP contribution in [0.1, 0.15) is 26.3 Å². The summed E-state index contributed by atoms with van der Waals surface area (Å²) >= 11 is 0. The van der Waals surface area contributed by atoms with Crippen LogP contribution in [0, 0.1) is 0 Å². The van der Waals surface area contributed by atoms with Gasteiger partial charge in [0.15, 0.2) is 0 Å². The van der Waals surface area contributed by atoms with Crippen LogP contribution in [0.3, 0.4) is 0 Å². The molecule has 7 rings (SSSR count). The van der Waals surface area contributed by atoms with E-state index < -0.39 is 0 Å². The lowest BCUT2D eigenvalue weighted by Crippen LogP contribution is -2.18. The molecular weight excluding hydrogens is 508 g/mol. The van der Waals surface area contributed by atoms with E-state index in [9.17, 15) is 0 Å². The second-order valence-electron chi connectivity index (χ2n) is 11.5. The van der Waals surface area contributed by atoms with Gasteiger partial charge in [0.25, 0.3) is 0 Å². The third-order valence-electron chi connectivity index (χ3n) is 8.82. The summed E-state index contributed by atoms with van der Waals surface area (Å²) in [4.78, 5) is 0. The lowest BCUT2D eigenvalue weighted by atomic mass is 9.78. The number of rotatable bonds is 6. The van der Waals surface area contributed by atoms with Crippen LogP contribution >= 0.6 is 0 Å². The SMILES string of the molecule is C=C(/C=C\C(=C/C)n1c2ccccc2c2ccccc21)C(C)(C)c1ccc(-n2c3ccccc3c3ccccc32)cc1. The van der Waals surface area contributed by atoms with Crippen LogP contribution in [0.15, 0.2) is 152 Å². The Morgan fingerprint density at radius 1 is 0.571 bits per heavy atom. The molecule has 0 radical (unpaired) electrons. The van der Waals surface area contributed by atoms with Crippen LogP contribution in [0.5, 0.6) is 0 Å². The number of allylic oxidation sites excluding steroid dienone is 5. The van der Waals surface area contributed by atoms with Crippen molar-refractivity contribution in [3.8, 4) is 5.69 Å². The smallest absolute Gasteiger partial charge is 0.0541 e. The van der Waals surface area contributed by atoms with Crippen LogP contribution in [-0.4, -0.2) is 9.13 Å². The van der Waals surface area contributed by atoms with Gasteiger partial charge in [-0.3, -0.25) is 0 Å². The molecule has 0 unspecified atom stereocenters. The van der Waals surface area contributed by atoms with E-state index >= 15 is 0 Å². The molecule has 0 saturated heterocycles. The zero-order valence-electron chi connectivity index (χ0n) is 24.4. The highest BCUT2D eigenvalue weighted by Crippen LogP contribution is 2.36. The number of aromatic nitrogens is 2. The summed E-state index contributed by atoms with van der Waals surface area (Å²) in [5.41, 5.74) is 9.22. The van der Waals surface area contributed by atoms with Gasteiger partial charge in [0.05, 0.1) is 22.1 Å². The Labute approximate surface area is 247 Å². The van der Waals surface area contributed by atoms with Crippen molar-refractivity contribution in [2.24, 2.45) is 0 Å².